The molecule has 0 aliphatic carbocycles. The number of carbonyl (C=O) groups is 1. The molecule has 3 atom stereocenters. The summed E-state index contributed by atoms with van der Waals surface area (Å²) >= 11 is 0. The van der Waals surface area contributed by atoms with Crippen LogP contribution in [-0.2, 0) is 4.74 Å². The lowest BCUT2D eigenvalue weighted by atomic mass is 10.1. The Morgan fingerprint density at radius 1 is 1.35 bits per heavy atom. The van der Waals surface area contributed by atoms with Gasteiger partial charge in [-0.1, -0.05) is 0 Å². The Morgan fingerprint density at radius 2 is 2.03 bits per heavy atom. The van der Waals surface area contributed by atoms with Crippen molar-refractivity contribution >= 4 is 17.4 Å². The number of hydrogen-bond acceptors (Lipinski definition) is 6. The van der Waals surface area contributed by atoms with Gasteiger partial charge in [-0.05, 0) is 13.3 Å². The molecule has 0 radical (unpaired) electrons. The van der Waals surface area contributed by atoms with Crippen molar-refractivity contribution in [1.82, 2.24) is 9.80 Å². The van der Waals surface area contributed by atoms with Crippen molar-refractivity contribution in [1.29, 1.82) is 0 Å². The molecule has 0 spiro atoms. The molecule has 1 aromatic rings. The predicted molar refractivity (Wildman–Crippen MR) is 109 cm³/mol. The average molecular weight is 441 g/mol. The number of nitrogens with two attached hydrogens (primary N) is 1. The van der Waals surface area contributed by atoms with Crippen LogP contribution in [0.5, 0.6) is 0 Å². The molecule has 170 valence electrons. The molecule has 2 unspecified atom stereocenters. The number of urea groups is 1. The molecule has 1 saturated heterocycles. The Labute approximate surface area is 178 Å². The van der Waals surface area contributed by atoms with E-state index in [9.17, 15) is 23.1 Å². The first kappa shape index (κ1) is 22.9. The van der Waals surface area contributed by atoms with E-state index < -0.39 is 29.7 Å². The number of aliphatic hydroxyl groups excluding tert-OH is 1. The van der Waals surface area contributed by atoms with Crippen LogP contribution >= 0.6 is 0 Å². The summed E-state index contributed by atoms with van der Waals surface area (Å²) in [4.78, 5) is 20.4. The number of benzene rings is 1. The van der Waals surface area contributed by atoms with Crippen LogP contribution in [0, 0.1) is 23.4 Å². The van der Waals surface area contributed by atoms with Crippen molar-refractivity contribution in [2.45, 2.75) is 25.6 Å². The van der Waals surface area contributed by atoms with Crippen LogP contribution in [0.2, 0.25) is 0 Å². The van der Waals surface area contributed by atoms with Gasteiger partial charge >= 0.3 is 6.03 Å². The number of anilines is 1. The summed E-state index contributed by atoms with van der Waals surface area (Å²) in [5, 5.41) is 12.8. The van der Waals surface area contributed by atoms with E-state index in [1.54, 1.807) is 18.9 Å². The predicted octanol–water partition coefficient (Wildman–Crippen LogP) is 1.87. The summed E-state index contributed by atoms with van der Waals surface area (Å²) < 4.78 is 45.2. The minimum atomic E-state index is -1.60. The number of nitrogens with zero attached hydrogens (tertiary/aromatic N) is 3. The number of aliphatic hydroxyl groups is 1. The highest BCUT2D eigenvalue weighted by atomic mass is 19.2. The van der Waals surface area contributed by atoms with E-state index in [1.807, 2.05) is 0 Å². The summed E-state index contributed by atoms with van der Waals surface area (Å²) in [5.74, 6) is -4.27. The lowest BCUT2D eigenvalue weighted by Crippen LogP contribution is -2.50. The minimum absolute atomic E-state index is 0.0698. The summed E-state index contributed by atoms with van der Waals surface area (Å²) in [5.41, 5.74) is 6.64. The molecule has 2 amide bonds. The monoisotopic (exact) mass is 441 g/mol. The third-order valence-electron chi connectivity index (χ3n) is 5.42. The third kappa shape index (κ3) is 4.93. The molecule has 1 aromatic carbocycles. The van der Waals surface area contributed by atoms with Gasteiger partial charge in [0.05, 0.1) is 37.1 Å². The van der Waals surface area contributed by atoms with Crippen LogP contribution in [0.4, 0.5) is 23.7 Å². The summed E-state index contributed by atoms with van der Waals surface area (Å²) in [6.07, 6.45) is 1.10. The lowest BCUT2D eigenvalue weighted by molar-refractivity contribution is 0.0654. The van der Waals surface area contributed by atoms with Gasteiger partial charge in [0.2, 0.25) is 0 Å². The smallest absolute Gasteiger partial charge is 0.322 e. The summed E-state index contributed by atoms with van der Waals surface area (Å²) in [7, 11) is 1.59. The van der Waals surface area contributed by atoms with Crippen LogP contribution in [0.3, 0.4) is 0 Å². The number of hydrogen-bond donors (Lipinski definition) is 3. The van der Waals surface area contributed by atoms with Crippen molar-refractivity contribution in [3.05, 3.63) is 41.5 Å². The molecular formula is C20H26F3N5O3. The molecule has 31 heavy (non-hydrogen) atoms. The molecule has 0 aromatic heterocycles. The fraction of sp³-hybridized carbons (Fsp3) is 0.500. The number of nitrogens with one attached hydrogen (secondary N) is 1. The van der Waals surface area contributed by atoms with E-state index in [1.165, 1.54) is 11.1 Å². The van der Waals surface area contributed by atoms with Crippen molar-refractivity contribution < 1.29 is 27.8 Å². The van der Waals surface area contributed by atoms with Gasteiger partial charge in [-0.25, -0.2) is 18.0 Å². The van der Waals surface area contributed by atoms with Crippen molar-refractivity contribution in [3.63, 3.8) is 0 Å². The standard InChI is InChI=1S/C20H26F3N5O3/c1-11-7-25-16(17(6-24)28-8-12(10-31-2)3-18(28)29)9-27(11)20(30)26-13-4-14(21)19(23)15(22)5-13/h4-6,11-12,18,29H,3,7-10,24H2,1-2H3,(H,26,30)/t11-,12?,18?/m0/s1. The number of aliphatic imine (C=N–C) groups is 1. The largest absolute Gasteiger partial charge is 0.403 e. The van der Waals surface area contributed by atoms with Crippen LogP contribution in [0.1, 0.15) is 13.3 Å². The number of methoxy groups -OCH3 is 1. The molecule has 11 heteroatoms. The van der Waals surface area contributed by atoms with E-state index in [2.05, 4.69) is 10.3 Å². The minimum Gasteiger partial charge on any atom is -0.403 e. The number of halogens is 3. The van der Waals surface area contributed by atoms with Gasteiger partial charge in [0.1, 0.15) is 6.23 Å². The Kier molecular flexibility index (Phi) is 7.06. The highest BCUT2D eigenvalue weighted by Crippen LogP contribution is 2.27. The maximum atomic E-state index is 13.5. The van der Waals surface area contributed by atoms with Gasteiger partial charge in [-0.3, -0.25) is 4.99 Å². The van der Waals surface area contributed by atoms with Gasteiger partial charge < -0.3 is 30.7 Å². The van der Waals surface area contributed by atoms with Gasteiger partial charge in [-0.15, -0.1) is 0 Å². The number of ether oxygens (including phenoxy) is 1. The molecule has 2 aliphatic rings. The lowest BCUT2D eigenvalue weighted by Gasteiger charge is -2.35. The molecule has 4 N–H and O–H groups in total. The first-order valence-electron chi connectivity index (χ1n) is 9.86. The number of rotatable bonds is 5. The number of likely N-dealkylation sites (tertiary alicyclic amines) is 1. The second kappa shape index (κ2) is 9.56. The summed E-state index contributed by atoms with van der Waals surface area (Å²) in [6, 6.07) is 0.493. The van der Waals surface area contributed by atoms with Crippen LogP contribution in [0.25, 0.3) is 0 Å². The van der Waals surface area contributed by atoms with Crippen LogP contribution in [-0.4, -0.2) is 72.3 Å². The Morgan fingerprint density at radius 3 is 2.65 bits per heavy atom. The van der Waals surface area contributed by atoms with E-state index >= 15 is 0 Å². The van der Waals surface area contributed by atoms with Crippen molar-refractivity contribution in [2.75, 3.05) is 38.7 Å². The van der Waals surface area contributed by atoms with E-state index in [0.717, 1.165) is 0 Å². The van der Waals surface area contributed by atoms with Crippen LogP contribution < -0.4 is 11.1 Å². The molecule has 3 rings (SSSR count). The van der Waals surface area contributed by atoms with Gasteiger partial charge in [0.25, 0.3) is 0 Å². The topological polar surface area (TPSA) is 103 Å². The zero-order valence-electron chi connectivity index (χ0n) is 17.3. The average Bonchev–Trinajstić information content (AvgIpc) is 3.08. The second-order valence-corrected chi connectivity index (χ2v) is 7.69. The van der Waals surface area contributed by atoms with Crippen molar-refractivity contribution in [3.8, 4) is 0 Å². The number of carbonyl (C=O) groups excluding carboxylic acids is 1. The maximum absolute atomic E-state index is 13.5. The number of amides is 2. The van der Waals surface area contributed by atoms with E-state index in [0.29, 0.717) is 43.1 Å². The molecule has 2 aliphatic heterocycles. The fourth-order valence-corrected chi connectivity index (χ4v) is 3.84. The quantitative estimate of drug-likeness (QED) is 0.606. The zero-order chi connectivity index (χ0) is 22.7. The Balaban J connectivity index is 1.73. The fourth-order valence-electron chi connectivity index (χ4n) is 3.84. The zero-order valence-corrected chi connectivity index (χ0v) is 17.3. The van der Waals surface area contributed by atoms with E-state index in [4.69, 9.17) is 10.5 Å². The first-order chi connectivity index (χ1) is 14.7. The second-order valence-electron chi connectivity index (χ2n) is 7.69. The molecule has 2 heterocycles. The summed E-state index contributed by atoms with van der Waals surface area (Å²) in [6.45, 7) is 3.13. The highest BCUT2D eigenvalue weighted by Gasteiger charge is 2.35. The molecule has 1 fully saturated rings. The highest BCUT2D eigenvalue weighted by molar-refractivity contribution is 6.04. The SMILES string of the molecule is COCC1CC(O)N(C(=CN)C2=NC[C@H](C)N(C(=O)Nc3cc(F)c(F)c(F)c3)C2)C1. The van der Waals surface area contributed by atoms with Gasteiger partial charge in [0.15, 0.2) is 17.5 Å². The Hall–Kier alpha value is -2.79. The van der Waals surface area contributed by atoms with Gasteiger partial charge in [0, 0.05) is 43.6 Å². The maximum Gasteiger partial charge on any atom is 0.322 e. The van der Waals surface area contributed by atoms with Gasteiger partial charge in [-0.2, -0.15) is 0 Å². The van der Waals surface area contributed by atoms with Crippen LogP contribution in [0.15, 0.2) is 29.0 Å². The molecule has 8 nitrogen and oxygen atoms in total. The Bertz CT molecular complexity index is 872. The van der Waals surface area contributed by atoms with E-state index in [-0.39, 0.29) is 30.7 Å². The van der Waals surface area contributed by atoms with Crippen molar-refractivity contribution in [2.24, 2.45) is 16.6 Å². The molecule has 0 bridgehead atoms. The molecular weight excluding hydrogens is 415 g/mol. The normalized spacial score (nSPS) is 24.4. The molecule has 0 saturated carbocycles. The third-order valence-corrected chi connectivity index (χ3v) is 5.42. The first-order valence-corrected chi connectivity index (χ1v) is 9.86.